The third-order valence-corrected chi connectivity index (χ3v) is 3.97. The summed E-state index contributed by atoms with van der Waals surface area (Å²) < 4.78 is 0. The van der Waals surface area contributed by atoms with Gasteiger partial charge in [-0.15, -0.1) is 0 Å². The largest absolute Gasteiger partial charge is 0.481 e. The fourth-order valence-electron chi connectivity index (χ4n) is 2.70. The Morgan fingerprint density at radius 2 is 2.40 bits per heavy atom. The molecule has 1 N–H and O–H groups in total. The summed E-state index contributed by atoms with van der Waals surface area (Å²) >= 11 is 0. The number of pyridine rings is 1. The van der Waals surface area contributed by atoms with E-state index in [1.54, 1.807) is 4.90 Å². The molecule has 7 nitrogen and oxygen atoms in total. The molecule has 0 spiro atoms. The molecular formula is C13H17N3O4. The second-order valence-electron chi connectivity index (χ2n) is 5.07. The van der Waals surface area contributed by atoms with Crippen molar-refractivity contribution in [3.05, 3.63) is 28.4 Å². The van der Waals surface area contributed by atoms with Crippen LogP contribution in [0.5, 0.6) is 0 Å². The number of hydrogen-bond acceptors (Lipinski definition) is 5. The number of carboxylic acids is 1. The Labute approximate surface area is 116 Å². The van der Waals surface area contributed by atoms with Crippen LogP contribution in [0.1, 0.15) is 26.2 Å². The highest BCUT2D eigenvalue weighted by Gasteiger charge is 2.42. The fourth-order valence-corrected chi connectivity index (χ4v) is 2.70. The third kappa shape index (κ3) is 2.43. The maximum atomic E-state index is 11.5. The van der Waals surface area contributed by atoms with Gasteiger partial charge in [-0.05, 0) is 25.3 Å². The first-order valence-corrected chi connectivity index (χ1v) is 6.58. The van der Waals surface area contributed by atoms with Crippen molar-refractivity contribution in [1.29, 1.82) is 0 Å². The summed E-state index contributed by atoms with van der Waals surface area (Å²) in [6, 6.07) is 2.90. The molecule has 1 unspecified atom stereocenters. The first-order valence-electron chi connectivity index (χ1n) is 6.58. The quantitative estimate of drug-likeness (QED) is 0.669. The van der Waals surface area contributed by atoms with E-state index in [0.717, 1.165) is 0 Å². The van der Waals surface area contributed by atoms with Crippen LogP contribution < -0.4 is 4.90 Å². The van der Waals surface area contributed by atoms with Crippen LogP contribution in [0.2, 0.25) is 0 Å². The zero-order valence-corrected chi connectivity index (χ0v) is 11.3. The first kappa shape index (κ1) is 14.2. The van der Waals surface area contributed by atoms with Crippen molar-refractivity contribution >= 4 is 17.5 Å². The van der Waals surface area contributed by atoms with E-state index in [4.69, 9.17) is 0 Å². The van der Waals surface area contributed by atoms with E-state index < -0.39 is 16.3 Å². The lowest BCUT2D eigenvalue weighted by Gasteiger charge is -2.39. The number of nitrogens with zero attached hydrogens (tertiary/aromatic N) is 3. The summed E-state index contributed by atoms with van der Waals surface area (Å²) in [4.78, 5) is 27.9. The van der Waals surface area contributed by atoms with Gasteiger partial charge in [-0.3, -0.25) is 14.9 Å². The summed E-state index contributed by atoms with van der Waals surface area (Å²) in [5.74, 6) is -0.584. The minimum absolute atomic E-state index is 0.0789. The number of aliphatic carboxylic acids is 1. The molecule has 1 aliphatic heterocycles. The van der Waals surface area contributed by atoms with Crippen LogP contribution in [0, 0.1) is 15.5 Å². The Hall–Kier alpha value is -2.18. The fraction of sp³-hybridized carbons (Fsp3) is 0.538. The van der Waals surface area contributed by atoms with Gasteiger partial charge in [0, 0.05) is 25.4 Å². The van der Waals surface area contributed by atoms with Gasteiger partial charge in [0.25, 0.3) is 0 Å². The molecule has 0 bridgehead atoms. The number of anilines is 1. The van der Waals surface area contributed by atoms with Crippen molar-refractivity contribution in [3.8, 4) is 0 Å². The monoisotopic (exact) mass is 279 g/mol. The second-order valence-corrected chi connectivity index (χ2v) is 5.07. The summed E-state index contributed by atoms with van der Waals surface area (Å²) in [7, 11) is 0. The molecule has 2 rings (SSSR count). The van der Waals surface area contributed by atoms with Crippen molar-refractivity contribution in [3.63, 3.8) is 0 Å². The Morgan fingerprint density at radius 3 is 3.00 bits per heavy atom. The molecule has 1 aliphatic rings. The predicted molar refractivity (Wildman–Crippen MR) is 72.7 cm³/mol. The van der Waals surface area contributed by atoms with Gasteiger partial charge in [0.1, 0.15) is 0 Å². The van der Waals surface area contributed by atoms with Crippen LogP contribution in [0.4, 0.5) is 11.5 Å². The molecule has 0 radical (unpaired) electrons. The van der Waals surface area contributed by atoms with Gasteiger partial charge < -0.3 is 10.0 Å². The lowest BCUT2D eigenvalue weighted by molar-refractivity contribution is -0.384. The van der Waals surface area contributed by atoms with Gasteiger partial charge in [-0.1, -0.05) is 6.92 Å². The van der Waals surface area contributed by atoms with Crippen LogP contribution in [0.25, 0.3) is 0 Å². The smallest absolute Gasteiger partial charge is 0.311 e. The molecule has 108 valence electrons. The molecule has 1 aromatic heterocycles. The van der Waals surface area contributed by atoms with Crippen molar-refractivity contribution in [1.82, 2.24) is 4.98 Å². The molecular weight excluding hydrogens is 262 g/mol. The van der Waals surface area contributed by atoms with Gasteiger partial charge >= 0.3 is 11.7 Å². The lowest BCUT2D eigenvalue weighted by Crippen LogP contribution is -2.48. The number of carboxylic acid groups (broad SMARTS) is 1. The van der Waals surface area contributed by atoms with E-state index >= 15 is 0 Å². The van der Waals surface area contributed by atoms with E-state index in [1.165, 1.54) is 18.3 Å². The highest BCUT2D eigenvalue weighted by atomic mass is 16.6. The molecule has 20 heavy (non-hydrogen) atoms. The minimum atomic E-state index is -0.844. The van der Waals surface area contributed by atoms with E-state index in [2.05, 4.69) is 4.98 Å². The molecule has 0 aromatic carbocycles. The maximum Gasteiger partial charge on any atom is 0.311 e. The van der Waals surface area contributed by atoms with Gasteiger partial charge in [0.05, 0.1) is 10.3 Å². The lowest BCUT2D eigenvalue weighted by atomic mass is 9.77. The highest BCUT2D eigenvalue weighted by molar-refractivity contribution is 5.76. The van der Waals surface area contributed by atoms with E-state index in [1.807, 2.05) is 6.92 Å². The van der Waals surface area contributed by atoms with Crippen molar-refractivity contribution in [2.24, 2.45) is 5.41 Å². The van der Waals surface area contributed by atoms with E-state index in [-0.39, 0.29) is 18.1 Å². The second kappa shape index (κ2) is 5.44. The summed E-state index contributed by atoms with van der Waals surface area (Å²) in [5.41, 5.74) is -0.923. The number of hydrogen-bond donors (Lipinski definition) is 1. The SMILES string of the molecule is CCC1(C(=O)O)CCCN(c2ncccc2[N+](=O)[O-])C1. The van der Waals surface area contributed by atoms with Crippen molar-refractivity contribution in [2.45, 2.75) is 26.2 Å². The molecule has 1 saturated heterocycles. The zero-order valence-electron chi connectivity index (χ0n) is 11.3. The maximum absolute atomic E-state index is 11.5. The van der Waals surface area contributed by atoms with Crippen molar-refractivity contribution in [2.75, 3.05) is 18.0 Å². The predicted octanol–water partition coefficient (Wildman–Crippen LogP) is 2.07. The van der Waals surface area contributed by atoms with E-state index in [0.29, 0.717) is 25.8 Å². The average Bonchev–Trinajstić information content (AvgIpc) is 2.47. The van der Waals surface area contributed by atoms with Crippen LogP contribution in [0.3, 0.4) is 0 Å². The molecule has 0 saturated carbocycles. The van der Waals surface area contributed by atoms with Gasteiger partial charge in [0.2, 0.25) is 5.82 Å². The van der Waals surface area contributed by atoms with Gasteiger partial charge in [0.15, 0.2) is 0 Å². The van der Waals surface area contributed by atoms with Crippen LogP contribution >= 0.6 is 0 Å². The van der Waals surface area contributed by atoms with Crippen LogP contribution in [0.15, 0.2) is 18.3 Å². The summed E-state index contributed by atoms with van der Waals surface area (Å²) in [6.07, 6.45) is 3.27. The number of aromatic nitrogens is 1. The molecule has 7 heteroatoms. The normalized spacial score (nSPS) is 22.6. The van der Waals surface area contributed by atoms with Gasteiger partial charge in [-0.25, -0.2) is 4.98 Å². The summed E-state index contributed by atoms with van der Waals surface area (Å²) in [6.45, 7) is 2.69. The zero-order chi connectivity index (χ0) is 14.8. The number of rotatable bonds is 4. The Morgan fingerprint density at radius 1 is 1.65 bits per heavy atom. The van der Waals surface area contributed by atoms with Gasteiger partial charge in [-0.2, -0.15) is 0 Å². The minimum Gasteiger partial charge on any atom is -0.481 e. The van der Waals surface area contributed by atoms with Crippen LogP contribution in [-0.2, 0) is 4.79 Å². The molecule has 0 amide bonds. The molecule has 0 aliphatic carbocycles. The molecule has 1 aromatic rings. The Balaban J connectivity index is 2.34. The topological polar surface area (TPSA) is 96.6 Å². The molecule has 1 atom stereocenters. The molecule has 1 fully saturated rings. The highest BCUT2D eigenvalue weighted by Crippen LogP contribution is 2.37. The Bertz CT molecular complexity index is 534. The average molecular weight is 279 g/mol. The summed E-state index contributed by atoms with van der Waals surface area (Å²) in [5, 5.41) is 20.5. The molecule has 2 heterocycles. The number of nitro groups is 1. The van der Waals surface area contributed by atoms with Crippen LogP contribution in [-0.4, -0.2) is 34.1 Å². The number of piperidine rings is 1. The Kier molecular flexibility index (Phi) is 3.87. The van der Waals surface area contributed by atoms with E-state index in [9.17, 15) is 20.0 Å². The first-order chi connectivity index (χ1) is 9.50. The number of carbonyl (C=O) groups is 1. The standard InChI is InChI=1S/C13H17N3O4/c1-2-13(12(17)18)6-4-8-15(9-13)11-10(16(19)20)5-3-7-14-11/h3,5,7H,2,4,6,8-9H2,1H3,(H,17,18). The third-order valence-electron chi connectivity index (χ3n) is 3.97. The van der Waals surface area contributed by atoms with Crippen molar-refractivity contribution < 1.29 is 14.8 Å².